The molecule has 0 atom stereocenters. The van der Waals surface area contributed by atoms with Crippen LogP contribution in [-0.2, 0) is 13.6 Å². The molecule has 0 fully saturated rings. The quantitative estimate of drug-likeness (QED) is 0.732. The summed E-state index contributed by atoms with van der Waals surface area (Å²) < 4.78 is 3.09. The topological polar surface area (TPSA) is 88.0 Å². The summed E-state index contributed by atoms with van der Waals surface area (Å²) in [6.45, 7) is 7.74. The second-order valence-corrected chi connectivity index (χ2v) is 5.70. The fraction of sp³-hybridized carbons (Fsp3) is 0.500. The van der Waals surface area contributed by atoms with Gasteiger partial charge in [0.1, 0.15) is 0 Å². The summed E-state index contributed by atoms with van der Waals surface area (Å²) in [5.41, 5.74) is 0.716. The van der Waals surface area contributed by atoms with Crippen molar-refractivity contribution in [3.05, 3.63) is 33.0 Å². The van der Waals surface area contributed by atoms with Crippen LogP contribution in [0.4, 0.5) is 5.95 Å². The minimum atomic E-state index is -0.475. The molecule has 0 saturated carbocycles. The second-order valence-electron chi connectivity index (χ2n) is 5.70. The minimum Gasteiger partial charge on any atom is -0.354 e. The van der Waals surface area contributed by atoms with Crippen molar-refractivity contribution in [3.63, 3.8) is 0 Å². The van der Waals surface area contributed by atoms with Gasteiger partial charge >= 0.3 is 5.69 Å². The average Bonchev–Trinajstić information content (AvgIpc) is 2.74. The molecule has 2 rings (SSSR count). The Kier molecular flexibility index (Phi) is 4.51. The number of anilines is 1. The lowest BCUT2D eigenvalue weighted by Crippen LogP contribution is -2.29. The number of rotatable bonds is 6. The molecule has 2 aromatic rings. The van der Waals surface area contributed by atoms with E-state index in [2.05, 4.69) is 21.9 Å². The van der Waals surface area contributed by atoms with Crippen LogP contribution in [0.15, 0.2) is 21.7 Å². The molecule has 0 spiro atoms. The first-order valence-corrected chi connectivity index (χ1v) is 7.03. The van der Waals surface area contributed by atoms with Gasteiger partial charge in [-0.2, -0.15) is 4.98 Å². The molecule has 0 unspecified atom stereocenters. The number of nitrogens with one attached hydrogen (secondary N) is 2. The van der Waals surface area contributed by atoms with Crippen molar-refractivity contribution in [2.24, 2.45) is 7.05 Å². The Balaban J connectivity index is 2.57. The van der Waals surface area contributed by atoms with E-state index in [1.807, 2.05) is 25.9 Å². The highest BCUT2D eigenvalue weighted by molar-refractivity contribution is 5.74. The zero-order valence-corrected chi connectivity index (χ0v) is 13.4. The van der Waals surface area contributed by atoms with Gasteiger partial charge in [-0.1, -0.05) is 12.2 Å². The van der Waals surface area contributed by atoms with Gasteiger partial charge in [0.25, 0.3) is 5.56 Å². The van der Waals surface area contributed by atoms with Gasteiger partial charge in [0.2, 0.25) is 5.95 Å². The fourth-order valence-electron chi connectivity index (χ4n) is 2.18. The van der Waals surface area contributed by atoms with E-state index in [4.69, 9.17) is 0 Å². The molecular weight excluding hydrogens is 284 g/mol. The van der Waals surface area contributed by atoms with Gasteiger partial charge in [0.15, 0.2) is 11.2 Å². The third kappa shape index (κ3) is 3.11. The van der Waals surface area contributed by atoms with Crippen molar-refractivity contribution in [2.45, 2.75) is 13.5 Å². The molecule has 2 N–H and O–H groups in total. The number of allylic oxidation sites excluding steroid dienone is 1. The van der Waals surface area contributed by atoms with E-state index in [0.29, 0.717) is 30.2 Å². The Hall–Kier alpha value is -2.35. The normalized spacial score (nSPS) is 11.3. The van der Waals surface area contributed by atoms with Gasteiger partial charge in [0, 0.05) is 26.7 Å². The van der Waals surface area contributed by atoms with Gasteiger partial charge in [-0.25, -0.2) is 4.79 Å². The number of fused-ring (bicyclic) bond motifs is 1. The van der Waals surface area contributed by atoms with E-state index >= 15 is 0 Å². The van der Waals surface area contributed by atoms with Crippen LogP contribution >= 0.6 is 0 Å². The van der Waals surface area contributed by atoms with Crippen LogP contribution in [-0.4, -0.2) is 51.2 Å². The van der Waals surface area contributed by atoms with Crippen molar-refractivity contribution in [1.82, 2.24) is 24.0 Å². The van der Waals surface area contributed by atoms with E-state index in [0.717, 1.165) is 12.1 Å². The van der Waals surface area contributed by atoms with E-state index in [1.54, 1.807) is 11.6 Å². The Bertz CT molecular complexity index is 811. The van der Waals surface area contributed by atoms with Gasteiger partial charge in [-0.05, 0) is 21.0 Å². The molecule has 8 nitrogen and oxygen atoms in total. The van der Waals surface area contributed by atoms with Gasteiger partial charge < -0.3 is 14.8 Å². The number of likely N-dealkylation sites (N-methyl/N-ethyl adjacent to an activating group) is 1. The van der Waals surface area contributed by atoms with Crippen molar-refractivity contribution in [1.29, 1.82) is 0 Å². The van der Waals surface area contributed by atoms with E-state index in [-0.39, 0.29) is 0 Å². The monoisotopic (exact) mass is 306 g/mol. The Morgan fingerprint density at radius 1 is 1.41 bits per heavy atom. The molecule has 0 radical (unpaired) electrons. The average molecular weight is 306 g/mol. The zero-order valence-electron chi connectivity index (χ0n) is 13.4. The number of imidazole rings is 1. The van der Waals surface area contributed by atoms with Gasteiger partial charge in [0.05, 0.1) is 0 Å². The Morgan fingerprint density at radius 3 is 2.68 bits per heavy atom. The van der Waals surface area contributed by atoms with Gasteiger partial charge in [-0.3, -0.25) is 14.3 Å². The highest BCUT2D eigenvalue weighted by Gasteiger charge is 2.17. The lowest BCUT2D eigenvalue weighted by Gasteiger charge is -2.12. The standard InChI is InChI=1S/C14H22N6O2/c1-9(2)8-20-10-11(19(5)14(22)17-12(10)21)16-13(20)15-6-7-18(3)4/h1,6-8H2,2-5H3,(H,15,16)(H,17,21,22). The van der Waals surface area contributed by atoms with Gasteiger partial charge in [-0.15, -0.1) is 0 Å². The van der Waals surface area contributed by atoms with Crippen LogP contribution in [0.3, 0.4) is 0 Å². The molecule has 0 amide bonds. The molecule has 0 aliphatic carbocycles. The van der Waals surface area contributed by atoms with Crippen LogP contribution in [0.5, 0.6) is 0 Å². The maximum Gasteiger partial charge on any atom is 0.329 e. The first kappa shape index (κ1) is 16.0. The summed E-state index contributed by atoms with van der Waals surface area (Å²) in [6, 6.07) is 0. The first-order chi connectivity index (χ1) is 10.3. The summed E-state index contributed by atoms with van der Waals surface area (Å²) in [5, 5.41) is 3.21. The molecule has 0 aliphatic rings. The minimum absolute atomic E-state index is 0.363. The van der Waals surface area contributed by atoms with Crippen LogP contribution in [0, 0.1) is 0 Å². The third-order valence-electron chi connectivity index (χ3n) is 3.28. The van der Waals surface area contributed by atoms with Crippen LogP contribution in [0.25, 0.3) is 11.2 Å². The van der Waals surface area contributed by atoms with E-state index in [9.17, 15) is 9.59 Å². The van der Waals surface area contributed by atoms with Crippen LogP contribution in [0.2, 0.25) is 0 Å². The molecule has 0 aliphatic heterocycles. The molecule has 8 heteroatoms. The summed E-state index contributed by atoms with van der Waals surface area (Å²) in [7, 11) is 5.54. The Labute approximate surface area is 128 Å². The highest BCUT2D eigenvalue weighted by atomic mass is 16.2. The molecule has 2 aromatic heterocycles. The predicted octanol–water partition coefficient (Wildman–Crippen LogP) is -0.0271. The molecule has 120 valence electrons. The summed E-state index contributed by atoms with van der Waals surface area (Å²) >= 11 is 0. The number of hydrogen-bond donors (Lipinski definition) is 2. The molecular formula is C14H22N6O2. The number of aryl methyl sites for hydroxylation is 1. The molecule has 0 saturated heterocycles. The number of nitrogens with zero attached hydrogens (tertiary/aromatic N) is 4. The smallest absolute Gasteiger partial charge is 0.329 e. The van der Waals surface area contributed by atoms with Crippen molar-refractivity contribution >= 4 is 17.1 Å². The molecule has 2 heterocycles. The number of hydrogen-bond acceptors (Lipinski definition) is 5. The highest BCUT2D eigenvalue weighted by Crippen LogP contribution is 2.16. The summed E-state index contributed by atoms with van der Waals surface area (Å²) in [6.07, 6.45) is 0. The largest absolute Gasteiger partial charge is 0.354 e. The maximum absolute atomic E-state index is 12.2. The van der Waals surface area contributed by atoms with Crippen LogP contribution < -0.4 is 16.6 Å². The van der Waals surface area contributed by atoms with E-state index < -0.39 is 11.2 Å². The lowest BCUT2D eigenvalue weighted by molar-refractivity contribution is 0.424. The van der Waals surface area contributed by atoms with Crippen molar-refractivity contribution in [3.8, 4) is 0 Å². The first-order valence-electron chi connectivity index (χ1n) is 7.03. The molecule has 0 aromatic carbocycles. The number of H-pyrrole nitrogens is 1. The van der Waals surface area contributed by atoms with Crippen LogP contribution in [0.1, 0.15) is 6.92 Å². The third-order valence-corrected chi connectivity index (χ3v) is 3.28. The van der Waals surface area contributed by atoms with Crippen molar-refractivity contribution < 1.29 is 0 Å². The Morgan fingerprint density at radius 2 is 2.09 bits per heavy atom. The number of aromatic amines is 1. The fourth-order valence-corrected chi connectivity index (χ4v) is 2.18. The number of aromatic nitrogens is 4. The SMILES string of the molecule is C=C(C)Cn1c(NCCN(C)C)nc2c1c(=O)[nH]c(=O)n2C. The second kappa shape index (κ2) is 6.18. The zero-order chi connectivity index (χ0) is 16.4. The summed E-state index contributed by atoms with van der Waals surface area (Å²) in [5.74, 6) is 0.562. The molecule has 22 heavy (non-hydrogen) atoms. The van der Waals surface area contributed by atoms with E-state index in [1.165, 1.54) is 4.57 Å². The summed E-state index contributed by atoms with van der Waals surface area (Å²) in [4.78, 5) is 32.6. The lowest BCUT2D eigenvalue weighted by atomic mass is 10.3. The maximum atomic E-state index is 12.2. The van der Waals surface area contributed by atoms with Crippen molar-refractivity contribution in [2.75, 3.05) is 32.5 Å². The predicted molar refractivity (Wildman–Crippen MR) is 87.5 cm³/mol. The molecule has 0 bridgehead atoms.